The highest BCUT2D eigenvalue weighted by Crippen LogP contribution is 2.38. The van der Waals surface area contributed by atoms with Gasteiger partial charge in [0.05, 0.1) is 22.9 Å². The average Bonchev–Trinajstić information content (AvgIpc) is 3.56. The summed E-state index contributed by atoms with van der Waals surface area (Å²) in [5.41, 5.74) is 10.2. The fourth-order valence-corrected chi connectivity index (χ4v) is 8.62. The zero-order valence-electron chi connectivity index (χ0n) is 26.7. The molecule has 2 heterocycles. The van der Waals surface area contributed by atoms with Crippen molar-refractivity contribution in [2.45, 2.75) is 12.3 Å². The summed E-state index contributed by atoms with van der Waals surface area (Å²) >= 11 is 1.86. The van der Waals surface area contributed by atoms with E-state index in [9.17, 15) is 0 Å². The molecule has 1 aliphatic carbocycles. The van der Waals surface area contributed by atoms with Gasteiger partial charge in [0.2, 0.25) is 0 Å². The fraction of sp³-hybridized carbons (Fsp3) is 0.0435. The Labute approximate surface area is 288 Å². The maximum absolute atomic E-state index is 5.22. The van der Waals surface area contributed by atoms with Gasteiger partial charge in [-0.05, 0) is 69.3 Å². The Morgan fingerprint density at radius 1 is 0.510 bits per heavy atom. The minimum Gasteiger partial charge on any atom is -0.252 e. The zero-order valence-corrected chi connectivity index (χ0v) is 27.5. The molecule has 1 unspecified atom stereocenters. The molecule has 0 radical (unpaired) electrons. The molecule has 1 aliphatic rings. The Hall–Kier alpha value is -5.90. The Balaban J connectivity index is 0.914. The van der Waals surface area contributed by atoms with Crippen LogP contribution in [0.4, 0.5) is 0 Å². The summed E-state index contributed by atoms with van der Waals surface area (Å²) in [6, 6.07) is 50.4. The number of fused-ring (bicyclic) bond motifs is 9. The lowest BCUT2D eigenvalue weighted by Gasteiger charge is -2.18. The Kier molecular flexibility index (Phi) is 6.53. The molecule has 10 rings (SSSR count). The van der Waals surface area contributed by atoms with E-state index in [1.807, 2.05) is 17.5 Å². The number of rotatable bonds is 4. The Bertz CT molecular complexity index is 2770. The second-order valence-electron chi connectivity index (χ2n) is 12.9. The van der Waals surface area contributed by atoms with Crippen molar-refractivity contribution in [1.29, 1.82) is 0 Å². The van der Waals surface area contributed by atoms with E-state index in [-0.39, 0.29) is 0 Å². The van der Waals surface area contributed by atoms with Gasteiger partial charge >= 0.3 is 0 Å². The topological polar surface area (TPSA) is 25.8 Å². The summed E-state index contributed by atoms with van der Waals surface area (Å²) in [6.45, 7) is 0. The van der Waals surface area contributed by atoms with Gasteiger partial charge in [-0.2, -0.15) is 0 Å². The first kappa shape index (κ1) is 28.1. The number of allylic oxidation sites excluding steroid dienone is 4. The van der Waals surface area contributed by atoms with Gasteiger partial charge in [-0.3, -0.25) is 4.98 Å². The van der Waals surface area contributed by atoms with Crippen LogP contribution < -0.4 is 0 Å². The van der Waals surface area contributed by atoms with E-state index in [1.54, 1.807) is 0 Å². The summed E-state index contributed by atoms with van der Waals surface area (Å²) in [5, 5.41) is 7.38. The van der Waals surface area contributed by atoms with Crippen molar-refractivity contribution in [3.63, 3.8) is 0 Å². The van der Waals surface area contributed by atoms with Crippen molar-refractivity contribution in [3.8, 4) is 22.4 Å². The van der Waals surface area contributed by atoms with Crippen molar-refractivity contribution in [2.24, 2.45) is 0 Å². The molecule has 0 spiro atoms. The van der Waals surface area contributed by atoms with Crippen LogP contribution >= 0.6 is 11.3 Å². The van der Waals surface area contributed by atoms with Gasteiger partial charge in [-0.15, -0.1) is 11.3 Å². The number of hydrogen-bond donors (Lipinski definition) is 0. The molecule has 9 aromatic rings. The zero-order chi connectivity index (χ0) is 32.3. The highest BCUT2D eigenvalue weighted by Gasteiger charge is 2.16. The second-order valence-corrected chi connectivity index (χ2v) is 14.0. The summed E-state index contributed by atoms with van der Waals surface area (Å²) in [5.74, 6) is 0.313. The summed E-state index contributed by atoms with van der Waals surface area (Å²) in [6.07, 6.45) is 9.90. The van der Waals surface area contributed by atoms with Crippen LogP contribution in [0, 0.1) is 0 Å². The van der Waals surface area contributed by atoms with Crippen molar-refractivity contribution in [1.82, 2.24) is 9.97 Å². The Morgan fingerprint density at radius 2 is 1.18 bits per heavy atom. The smallest absolute Gasteiger partial charge is 0.0979 e. The van der Waals surface area contributed by atoms with Crippen LogP contribution in [0.15, 0.2) is 164 Å². The number of hydrogen-bond acceptors (Lipinski definition) is 3. The van der Waals surface area contributed by atoms with E-state index >= 15 is 0 Å². The lowest BCUT2D eigenvalue weighted by atomic mass is 9.87. The van der Waals surface area contributed by atoms with Crippen LogP contribution in [-0.4, -0.2) is 9.97 Å². The predicted octanol–water partition coefficient (Wildman–Crippen LogP) is 12.8. The second kappa shape index (κ2) is 11.4. The van der Waals surface area contributed by atoms with E-state index in [1.165, 1.54) is 58.8 Å². The molecule has 3 heteroatoms. The molecule has 0 aliphatic heterocycles. The van der Waals surface area contributed by atoms with Crippen LogP contribution in [0.3, 0.4) is 0 Å². The van der Waals surface area contributed by atoms with Crippen molar-refractivity contribution >= 4 is 69.7 Å². The third kappa shape index (κ3) is 4.77. The lowest BCUT2D eigenvalue weighted by molar-refractivity contribution is 0.857. The molecule has 2 nitrogen and oxygen atoms in total. The maximum atomic E-state index is 5.22. The first-order valence-corrected chi connectivity index (χ1v) is 17.7. The molecule has 0 saturated carbocycles. The number of nitrogens with zero attached hydrogens (tertiary/aromatic N) is 2. The molecule has 0 fully saturated rings. The van der Waals surface area contributed by atoms with Gasteiger partial charge in [0.15, 0.2) is 0 Å². The molecule has 1 atom stereocenters. The molecular weight excluding hydrogens is 613 g/mol. The number of benzene rings is 7. The molecule has 49 heavy (non-hydrogen) atoms. The average molecular weight is 643 g/mol. The molecule has 0 amide bonds. The molecular formula is C46H30N2S. The third-order valence-corrected chi connectivity index (χ3v) is 11.2. The molecule has 0 bridgehead atoms. The van der Waals surface area contributed by atoms with E-state index in [0.717, 1.165) is 39.5 Å². The van der Waals surface area contributed by atoms with Crippen molar-refractivity contribution in [2.75, 3.05) is 0 Å². The van der Waals surface area contributed by atoms with E-state index in [0.29, 0.717) is 5.92 Å². The monoisotopic (exact) mass is 642 g/mol. The van der Waals surface area contributed by atoms with Crippen molar-refractivity contribution < 1.29 is 0 Å². The molecule has 230 valence electrons. The Morgan fingerprint density at radius 3 is 1.96 bits per heavy atom. The standard InChI is InChI=1S/C46H30N2S/c1-3-13-39-36(10-1)37-11-2-4-14-40(37)46-45(39)47-28-42(48-46)35-9-7-8-33(26-35)31-20-16-29(17-21-31)30-18-22-32(23-19-30)34-24-25-44-41(27-34)38-12-5-6-15-43(38)49-44/h1-20,22-28,31H,21H2. The highest BCUT2D eigenvalue weighted by molar-refractivity contribution is 7.25. The lowest BCUT2D eigenvalue weighted by Crippen LogP contribution is -1.99. The largest absolute Gasteiger partial charge is 0.252 e. The van der Waals surface area contributed by atoms with Gasteiger partial charge in [0, 0.05) is 42.4 Å². The van der Waals surface area contributed by atoms with E-state index in [2.05, 4.69) is 158 Å². The van der Waals surface area contributed by atoms with Gasteiger partial charge in [0.25, 0.3) is 0 Å². The minimum absolute atomic E-state index is 0.313. The summed E-state index contributed by atoms with van der Waals surface area (Å²) in [4.78, 5) is 10.2. The van der Waals surface area contributed by atoms with Gasteiger partial charge in [0.1, 0.15) is 0 Å². The fourth-order valence-electron chi connectivity index (χ4n) is 7.53. The van der Waals surface area contributed by atoms with Crippen LogP contribution in [0.5, 0.6) is 0 Å². The molecule has 2 aromatic heterocycles. The summed E-state index contributed by atoms with van der Waals surface area (Å²) < 4.78 is 2.68. The predicted molar refractivity (Wildman–Crippen MR) is 209 cm³/mol. The third-order valence-electron chi connectivity index (χ3n) is 10.1. The maximum Gasteiger partial charge on any atom is 0.0979 e. The summed E-state index contributed by atoms with van der Waals surface area (Å²) in [7, 11) is 0. The van der Waals surface area contributed by atoms with Gasteiger partial charge in [-0.25, -0.2) is 4.98 Å². The number of thiophene rings is 1. The van der Waals surface area contributed by atoms with E-state index < -0.39 is 0 Å². The first-order chi connectivity index (χ1) is 24.3. The molecule has 7 aromatic carbocycles. The van der Waals surface area contributed by atoms with Gasteiger partial charge in [-0.1, -0.05) is 133 Å². The van der Waals surface area contributed by atoms with Gasteiger partial charge < -0.3 is 0 Å². The molecule has 0 N–H and O–H groups in total. The highest BCUT2D eigenvalue weighted by atomic mass is 32.1. The van der Waals surface area contributed by atoms with Crippen LogP contribution in [0.2, 0.25) is 0 Å². The number of aromatic nitrogens is 2. The van der Waals surface area contributed by atoms with Crippen LogP contribution in [0.25, 0.3) is 80.7 Å². The van der Waals surface area contributed by atoms with Crippen molar-refractivity contribution in [3.05, 3.63) is 175 Å². The van der Waals surface area contributed by atoms with E-state index in [4.69, 9.17) is 9.97 Å². The normalized spacial score (nSPS) is 14.7. The van der Waals surface area contributed by atoms with Crippen LogP contribution in [0.1, 0.15) is 23.5 Å². The van der Waals surface area contributed by atoms with Crippen LogP contribution in [-0.2, 0) is 0 Å². The molecule has 0 saturated heterocycles. The first-order valence-electron chi connectivity index (χ1n) is 16.8. The SMILES string of the molecule is C1=CC(c2cccc(-c3cnc4c5ccccc5c5ccccc5c4n3)c2)CC=C1c1ccc(-c2ccc3sc4ccccc4c3c2)cc1. The quantitative estimate of drug-likeness (QED) is 0.179. The minimum atomic E-state index is 0.313.